The number of nitrogens with zero attached hydrogens (tertiary/aromatic N) is 2. The molecule has 1 atom stereocenters. The van der Waals surface area contributed by atoms with E-state index in [9.17, 15) is 4.79 Å². The Morgan fingerprint density at radius 1 is 1.77 bits per heavy atom. The first kappa shape index (κ1) is 9.14. The third kappa shape index (κ3) is 2.28. The highest BCUT2D eigenvalue weighted by Crippen LogP contribution is 2.13. The molecule has 0 aliphatic carbocycles. The Morgan fingerprint density at radius 3 is 3.23 bits per heavy atom. The summed E-state index contributed by atoms with van der Waals surface area (Å²) in [5, 5.41) is 0. The van der Waals surface area contributed by atoms with E-state index in [1.807, 2.05) is 22.6 Å². The lowest BCUT2D eigenvalue weighted by molar-refractivity contribution is 0.383. The molecule has 0 radical (unpaired) electrons. The first-order chi connectivity index (χ1) is 6.27. The SMILES string of the molecule is O=c1c(I)cncn1CCC1CO1. The molecule has 0 N–H and O–H groups in total. The minimum Gasteiger partial charge on any atom is -0.373 e. The smallest absolute Gasteiger partial charge is 0.266 e. The second-order valence-electron chi connectivity index (χ2n) is 2.98. The number of ether oxygens (including phenoxy) is 1. The van der Waals surface area contributed by atoms with E-state index < -0.39 is 0 Å². The quantitative estimate of drug-likeness (QED) is 0.606. The zero-order valence-corrected chi connectivity index (χ0v) is 9.10. The molecule has 1 aromatic rings. The molecule has 1 aliphatic rings. The molecule has 0 saturated carbocycles. The number of aromatic nitrogens is 2. The molecule has 0 bridgehead atoms. The largest absolute Gasteiger partial charge is 0.373 e. The van der Waals surface area contributed by atoms with Crippen LogP contribution in [0.2, 0.25) is 0 Å². The lowest BCUT2D eigenvalue weighted by Gasteiger charge is -2.02. The van der Waals surface area contributed by atoms with Crippen LogP contribution in [0.1, 0.15) is 6.42 Å². The van der Waals surface area contributed by atoms with Crippen molar-refractivity contribution in [2.75, 3.05) is 6.61 Å². The van der Waals surface area contributed by atoms with Crippen LogP contribution in [-0.2, 0) is 11.3 Å². The number of hydrogen-bond donors (Lipinski definition) is 0. The van der Waals surface area contributed by atoms with Crippen molar-refractivity contribution in [2.45, 2.75) is 19.1 Å². The molecule has 0 spiro atoms. The monoisotopic (exact) mass is 292 g/mol. The van der Waals surface area contributed by atoms with Crippen molar-refractivity contribution in [1.29, 1.82) is 0 Å². The molecule has 0 aromatic carbocycles. The predicted octanol–water partition coefficient (Wildman–Crippen LogP) is 0.637. The van der Waals surface area contributed by atoms with Crippen molar-refractivity contribution in [3.8, 4) is 0 Å². The van der Waals surface area contributed by atoms with Gasteiger partial charge in [0.05, 0.1) is 22.6 Å². The van der Waals surface area contributed by atoms with Gasteiger partial charge in [0.15, 0.2) is 0 Å². The molecule has 13 heavy (non-hydrogen) atoms. The van der Waals surface area contributed by atoms with Gasteiger partial charge in [0.1, 0.15) is 0 Å². The maximum Gasteiger partial charge on any atom is 0.266 e. The van der Waals surface area contributed by atoms with E-state index in [2.05, 4.69) is 4.98 Å². The van der Waals surface area contributed by atoms with Crippen LogP contribution in [-0.4, -0.2) is 22.3 Å². The highest BCUT2D eigenvalue weighted by Gasteiger charge is 2.21. The van der Waals surface area contributed by atoms with E-state index >= 15 is 0 Å². The lowest BCUT2D eigenvalue weighted by Crippen LogP contribution is -2.23. The molecule has 2 heterocycles. The molecular formula is C8H9IN2O2. The van der Waals surface area contributed by atoms with Crippen molar-refractivity contribution >= 4 is 22.6 Å². The van der Waals surface area contributed by atoms with Crippen LogP contribution >= 0.6 is 22.6 Å². The summed E-state index contributed by atoms with van der Waals surface area (Å²) in [7, 11) is 0. The van der Waals surface area contributed by atoms with E-state index in [-0.39, 0.29) is 5.56 Å². The van der Waals surface area contributed by atoms with E-state index in [0.29, 0.717) is 16.2 Å². The van der Waals surface area contributed by atoms with Crippen molar-refractivity contribution in [3.05, 3.63) is 26.4 Å². The fourth-order valence-corrected chi connectivity index (χ4v) is 1.57. The molecule has 1 aromatic heterocycles. The number of halogens is 1. The van der Waals surface area contributed by atoms with Gasteiger partial charge in [-0.2, -0.15) is 0 Å². The van der Waals surface area contributed by atoms with Gasteiger partial charge in [-0.05, 0) is 29.0 Å². The second-order valence-corrected chi connectivity index (χ2v) is 4.15. The zero-order valence-electron chi connectivity index (χ0n) is 6.94. The molecule has 1 saturated heterocycles. The van der Waals surface area contributed by atoms with Crippen LogP contribution in [0.3, 0.4) is 0 Å². The zero-order chi connectivity index (χ0) is 9.26. The van der Waals surface area contributed by atoms with Crippen LogP contribution in [0.25, 0.3) is 0 Å². The van der Waals surface area contributed by atoms with Crippen molar-refractivity contribution in [3.63, 3.8) is 0 Å². The molecule has 70 valence electrons. The molecule has 1 aliphatic heterocycles. The van der Waals surface area contributed by atoms with Gasteiger partial charge in [-0.3, -0.25) is 9.36 Å². The Bertz CT molecular complexity index is 359. The van der Waals surface area contributed by atoms with Crippen LogP contribution in [0.15, 0.2) is 17.3 Å². The summed E-state index contributed by atoms with van der Waals surface area (Å²) in [6.07, 6.45) is 4.42. The van der Waals surface area contributed by atoms with Gasteiger partial charge < -0.3 is 4.74 Å². The van der Waals surface area contributed by atoms with Crippen LogP contribution in [0.4, 0.5) is 0 Å². The summed E-state index contributed by atoms with van der Waals surface area (Å²) in [5.74, 6) is 0. The molecule has 2 rings (SSSR count). The van der Waals surface area contributed by atoms with Crippen LogP contribution < -0.4 is 5.56 Å². The highest BCUT2D eigenvalue weighted by molar-refractivity contribution is 14.1. The predicted molar refractivity (Wildman–Crippen MR) is 55.6 cm³/mol. The molecular weight excluding hydrogens is 283 g/mol. The molecule has 5 heteroatoms. The molecule has 1 unspecified atom stereocenters. The summed E-state index contributed by atoms with van der Waals surface area (Å²) in [5.41, 5.74) is 0.0382. The standard InChI is InChI=1S/C8H9IN2O2/c9-7-3-10-5-11(8(7)12)2-1-6-4-13-6/h3,5-6H,1-2,4H2. The number of aryl methyl sites for hydroxylation is 1. The number of hydrogen-bond acceptors (Lipinski definition) is 3. The number of epoxide rings is 1. The van der Waals surface area contributed by atoms with Crippen molar-refractivity contribution in [2.24, 2.45) is 0 Å². The Balaban J connectivity index is 2.09. The topological polar surface area (TPSA) is 47.4 Å². The van der Waals surface area contributed by atoms with Gasteiger partial charge >= 0.3 is 0 Å². The van der Waals surface area contributed by atoms with Gasteiger partial charge in [-0.1, -0.05) is 0 Å². The normalized spacial score (nSPS) is 20.2. The lowest BCUT2D eigenvalue weighted by atomic mass is 10.3. The molecule has 0 amide bonds. The van der Waals surface area contributed by atoms with E-state index in [0.717, 1.165) is 13.0 Å². The average molecular weight is 292 g/mol. The van der Waals surface area contributed by atoms with Gasteiger partial charge in [0.25, 0.3) is 5.56 Å². The molecule has 1 fully saturated rings. The summed E-state index contributed by atoms with van der Waals surface area (Å²) in [6.45, 7) is 1.54. The third-order valence-electron chi connectivity index (χ3n) is 1.95. The minimum atomic E-state index is 0.0382. The fraction of sp³-hybridized carbons (Fsp3) is 0.500. The molecule has 4 nitrogen and oxygen atoms in total. The van der Waals surface area contributed by atoms with Crippen molar-refractivity contribution < 1.29 is 4.74 Å². The van der Waals surface area contributed by atoms with Crippen molar-refractivity contribution in [1.82, 2.24) is 9.55 Å². The fourth-order valence-electron chi connectivity index (χ4n) is 1.10. The average Bonchev–Trinajstić information content (AvgIpc) is 2.91. The maximum atomic E-state index is 11.5. The number of rotatable bonds is 3. The second kappa shape index (κ2) is 3.75. The maximum absolute atomic E-state index is 11.5. The van der Waals surface area contributed by atoms with Gasteiger partial charge in [-0.25, -0.2) is 4.98 Å². The van der Waals surface area contributed by atoms with E-state index in [4.69, 9.17) is 4.74 Å². The van der Waals surface area contributed by atoms with Gasteiger partial charge in [-0.15, -0.1) is 0 Å². The van der Waals surface area contributed by atoms with Crippen LogP contribution in [0, 0.1) is 3.57 Å². The third-order valence-corrected chi connectivity index (χ3v) is 2.69. The van der Waals surface area contributed by atoms with Gasteiger partial charge in [0, 0.05) is 12.7 Å². The minimum absolute atomic E-state index is 0.0382. The summed E-state index contributed by atoms with van der Waals surface area (Å²) < 4.78 is 7.35. The summed E-state index contributed by atoms with van der Waals surface area (Å²) in [4.78, 5) is 15.4. The first-order valence-corrected chi connectivity index (χ1v) is 5.17. The highest BCUT2D eigenvalue weighted by atomic mass is 127. The summed E-state index contributed by atoms with van der Waals surface area (Å²) >= 11 is 2.00. The van der Waals surface area contributed by atoms with Crippen LogP contribution in [0.5, 0.6) is 0 Å². The Kier molecular flexibility index (Phi) is 2.63. The summed E-state index contributed by atoms with van der Waals surface area (Å²) in [6, 6.07) is 0. The van der Waals surface area contributed by atoms with Gasteiger partial charge in [0.2, 0.25) is 0 Å². The first-order valence-electron chi connectivity index (χ1n) is 4.09. The van der Waals surface area contributed by atoms with E-state index in [1.54, 1.807) is 17.1 Å². The Hall–Kier alpha value is -0.430. The Labute approximate surface area is 89.1 Å². The Morgan fingerprint density at radius 2 is 2.54 bits per heavy atom. The van der Waals surface area contributed by atoms with E-state index in [1.165, 1.54) is 0 Å².